The van der Waals surface area contributed by atoms with Gasteiger partial charge in [0.1, 0.15) is 0 Å². The van der Waals surface area contributed by atoms with E-state index in [4.69, 9.17) is 18.0 Å². The maximum absolute atomic E-state index is 12.4. The van der Waals surface area contributed by atoms with Gasteiger partial charge in [-0.15, -0.1) is 0 Å². The predicted molar refractivity (Wildman–Crippen MR) is 84.0 cm³/mol. The summed E-state index contributed by atoms with van der Waals surface area (Å²) in [5.41, 5.74) is 6.75. The van der Waals surface area contributed by atoms with Crippen LogP contribution in [0.3, 0.4) is 0 Å². The second-order valence-corrected chi connectivity index (χ2v) is 6.19. The average molecular weight is 341 g/mol. The number of nitrogens with two attached hydrogens (primary N) is 1. The number of carbonyl (C=O) groups is 1. The molecule has 1 aliphatic rings. The summed E-state index contributed by atoms with van der Waals surface area (Å²) in [6.07, 6.45) is 3.41. The molecule has 1 fully saturated rings. The van der Waals surface area contributed by atoms with Crippen molar-refractivity contribution >= 4 is 39.0 Å². The molecular weight excluding hydrogens is 324 g/mol. The molecule has 1 atom stereocenters. The predicted octanol–water partition coefficient (Wildman–Crippen LogP) is 2.66. The van der Waals surface area contributed by atoms with Crippen LogP contribution in [0.1, 0.15) is 24.8 Å². The fourth-order valence-electron chi connectivity index (χ4n) is 2.45. The van der Waals surface area contributed by atoms with Crippen LogP contribution >= 0.6 is 28.1 Å². The van der Waals surface area contributed by atoms with Crippen molar-refractivity contribution < 1.29 is 4.79 Å². The van der Waals surface area contributed by atoms with Crippen molar-refractivity contribution in [3.8, 4) is 0 Å². The van der Waals surface area contributed by atoms with Crippen molar-refractivity contribution in [3.05, 3.63) is 34.3 Å². The van der Waals surface area contributed by atoms with Gasteiger partial charge in [-0.1, -0.05) is 40.3 Å². The number of hydrogen-bond acceptors (Lipinski definition) is 2. The van der Waals surface area contributed by atoms with Gasteiger partial charge in [-0.05, 0) is 37.0 Å². The Morgan fingerprint density at radius 3 is 2.95 bits per heavy atom. The number of halogens is 1. The Bertz CT molecular complexity index is 492. The summed E-state index contributed by atoms with van der Waals surface area (Å²) >= 11 is 8.49. The van der Waals surface area contributed by atoms with Crippen molar-refractivity contribution in [1.82, 2.24) is 4.90 Å². The van der Waals surface area contributed by atoms with Gasteiger partial charge in [0.25, 0.3) is 0 Å². The fourth-order valence-corrected chi connectivity index (χ4v) is 3.14. The highest BCUT2D eigenvalue weighted by Gasteiger charge is 2.28. The van der Waals surface area contributed by atoms with Gasteiger partial charge in [-0.3, -0.25) is 4.79 Å². The molecule has 1 unspecified atom stereocenters. The molecule has 0 bridgehead atoms. The van der Waals surface area contributed by atoms with Crippen LogP contribution in [0.4, 0.5) is 0 Å². The molecule has 102 valence electrons. The second kappa shape index (κ2) is 6.48. The van der Waals surface area contributed by atoms with Crippen LogP contribution in [0.25, 0.3) is 0 Å². The first-order chi connectivity index (χ1) is 9.08. The first kappa shape index (κ1) is 14.5. The molecule has 1 saturated heterocycles. The molecule has 1 aromatic rings. The molecule has 5 heteroatoms. The number of benzene rings is 1. The van der Waals surface area contributed by atoms with E-state index in [1.807, 2.05) is 29.2 Å². The third-order valence-corrected chi connectivity index (χ3v) is 4.16. The van der Waals surface area contributed by atoms with Gasteiger partial charge in [0.2, 0.25) is 5.91 Å². The number of thiocarbonyl (C=S) groups is 1. The first-order valence-corrected chi connectivity index (χ1v) is 7.61. The Morgan fingerprint density at radius 1 is 1.47 bits per heavy atom. The van der Waals surface area contributed by atoms with Gasteiger partial charge < -0.3 is 10.6 Å². The molecule has 2 rings (SSSR count). The molecule has 0 saturated carbocycles. The van der Waals surface area contributed by atoms with Crippen molar-refractivity contribution in [3.63, 3.8) is 0 Å². The van der Waals surface area contributed by atoms with E-state index in [-0.39, 0.29) is 11.9 Å². The summed E-state index contributed by atoms with van der Waals surface area (Å²) in [4.78, 5) is 14.7. The van der Waals surface area contributed by atoms with Gasteiger partial charge in [0.05, 0.1) is 17.5 Å². The molecule has 0 aliphatic carbocycles. The van der Waals surface area contributed by atoms with Gasteiger partial charge in [-0.25, -0.2) is 0 Å². The quantitative estimate of drug-likeness (QED) is 0.860. The van der Waals surface area contributed by atoms with Gasteiger partial charge >= 0.3 is 0 Å². The zero-order valence-electron chi connectivity index (χ0n) is 10.6. The zero-order valence-corrected chi connectivity index (χ0v) is 13.0. The smallest absolute Gasteiger partial charge is 0.227 e. The molecule has 0 radical (unpaired) electrons. The van der Waals surface area contributed by atoms with Crippen LogP contribution in [0, 0.1) is 0 Å². The molecule has 19 heavy (non-hydrogen) atoms. The number of nitrogens with zero attached hydrogens (tertiary/aromatic N) is 1. The lowest BCUT2D eigenvalue weighted by molar-refractivity contribution is -0.132. The second-order valence-electron chi connectivity index (χ2n) is 4.81. The van der Waals surface area contributed by atoms with E-state index in [9.17, 15) is 4.79 Å². The third-order valence-electron chi connectivity index (χ3n) is 3.40. The standard InChI is InChI=1S/C14H17BrN2OS/c15-11-5-3-4-10(8-11)9-13(18)17-7-2-1-6-12(17)14(16)19/h3-5,8,12H,1-2,6-7,9H2,(H2,16,19). The fraction of sp³-hybridized carbons (Fsp3) is 0.429. The number of carbonyl (C=O) groups excluding carboxylic acids is 1. The lowest BCUT2D eigenvalue weighted by Gasteiger charge is -2.35. The maximum atomic E-state index is 12.4. The minimum Gasteiger partial charge on any atom is -0.392 e. The summed E-state index contributed by atoms with van der Waals surface area (Å²) in [7, 11) is 0. The van der Waals surface area contributed by atoms with E-state index in [0.29, 0.717) is 11.4 Å². The van der Waals surface area contributed by atoms with Crippen LogP contribution in [-0.4, -0.2) is 28.4 Å². The van der Waals surface area contributed by atoms with Crippen LogP contribution in [0.2, 0.25) is 0 Å². The minimum absolute atomic E-state index is 0.0663. The number of amides is 1. The molecule has 1 amide bonds. The van der Waals surface area contributed by atoms with E-state index in [2.05, 4.69) is 15.9 Å². The molecular formula is C14H17BrN2OS. The van der Waals surface area contributed by atoms with Gasteiger partial charge in [0, 0.05) is 11.0 Å². The number of likely N-dealkylation sites (tertiary alicyclic amines) is 1. The van der Waals surface area contributed by atoms with Crippen molar-refractivity contribution in [1.29, 1.82) is 0 Å². The lowest BCUT2D eigenvalue weighted by Crippen LogP contribution is -2.50. The number of hydrogen-bond donors (Lipinski definition) is 1. The lowest BCUT2D eigenvalue weighted by atomic mass is 10.0. The zero-order chi connectivity index (χ0) is 13.8. The van der Waals surface area contributed by atoms with E-state index < -0.39 is 0 Å². The summed E-state index contributed by atoms with van der Waals surface area (Å²) in [5.74, 6) is 0.107. The molecule has 1 aliphatic heterocycles. The summed E-state index contributed by atoms with van der Waals surface area (Å²) in [6.45, 7) is 0.759. The maximum Gasteiger partial charge on any atom is 0.227 e. The topological polar surface area (TPSA) is 46.3 Å². The Balaban J connectivity index is 2.07. The summed E-state index contributed by atoms with van der Waals surface area (Å²) in [6, 6.07) is 7.75. The molecule has 0 aromatic heterocycles. The molecule has 1 heterocycles. The van der Waals surface area contributed by atoms with Crippen molar-refractivity contribution in [2.45, 2.75) is 31.7 Å². The number of rotatable bonds is 3. The highest BCUT2D eigenvalue weighted by molar-refractivity contribution is 9.10. The minimum atomic E-state index is -0.0663. The average Bonchev–Trinajstić information content (AvgIpc) is 2.38. The molecule has 3 nitrogen and oxygen atoms in total. The monoisotopic (exact) mass is 340 g/mol. The molecule has 1 aromatic carbocycles. The highest BCUT2D eigenvalue weighted by Crippen LogP contribution is 2.19. The van der Waals surface area contributed by atoms with E-state index in [1.54, 1.807) is 0 Å². The van der Waals surface area contributed by atoms with E-state index >= 15 is 0 Å². The molecule has 0 spiro atoms. The highest BCUT2D eigenvalue weighted by atomic mass is 79.9. The summed E-state index contributed by atoms with van der Waals surface area (Å²) < 4.78 is 0.988. The SMILES string of the molecule is NC(=S)C1CCCCN1C(=O)Cc1cccc(Br)c1. The van der Waals surface area contributed by atoms with Crippen molar-refractivity contribution in [2.75, 3.05) is 6.54 Å². The Kier molecular flexibility index (Phi) is 4.93. The van der Waals surface area contributed by atoms with Crippen LogP contribution in [0.5, 0.6) is 0 Å². The Hall–Kier alpha value is -0.940. The third kappa shape index (κ3) is 3.76. The summed E-state index contributed by atoms with van der Waals surface area (Å²) in [5, 5.41) is 0. The van der Waals surface area contributed by atoms with Crippen LogP contribution in [0.15, 0.2) is 28.7 Å². The van der Waals surface area contributed by atoms with Crippen LogP contribution < -0.4 is 5.73 Å². The first-order valence-electron chi connectivity index (χ1n) is 6.41. The van der Waals surface area contributed by atoms with Crippen molar-refractivity contribution in [2.24, 2.45) is 5.73 Å². The molecule has 2 N–H and O–H groups in total. The Morgan fingerprint density at radius 2 is 2.26 bits per heavy atom. The number of piperidine rings is 1. The van der Waals surface area contributed by atoms with Crippen LogP contribution in [-0.2, 0) is 11.2 Å². The van der Waals surface area contributed by atoms with Gasteiger partial charge in [0.15, 0.2) is 0 Å². The Labute approximate surface area is 127 Å². The van der Waals surface area contributed by atoms with Gasteiger partial charge in [-0.2, -0.15) is 0 Å². The van der Waals surface area contributed by atoms with E-state index in [1.165, 1.54) is 0 Å². The van der Waals surface area contributed by atoms with E-state index in [0.717, 1.165) is 35.8 Å². The normalized spacial score (nSPS) is 19.2. The largest absolute Gasteiger partial charge is 0.392 e.